The average molecular weight is 294 g/mol. The van der Waals surface area contributed by atoms with E-state index in [1.807, 2.05) is 30.3 Å². The summed E-state index contributed by atoms with van der Waals surface area (Å²) in [4.78, 5) is 8.37. The van der Waals surface area contributed by atoms with Crippen LogP contribution in [0, 0.1) is 5.82 Å². The molecule has 110 valence electrons. The van der Waals surface area contributed by atoms with Crippen molar-refractivity contribution in [1.82, 2.24) is 9.97 Å². The number of anilines is 2. The summed E-state index contributed by atoms with van der Waals surface area (Å²) >= 11 is 0. The summed E-state index contributed by atoms with van der Waals surface area (Å²) in [5.41, 5.74) is 8.82. The molecule has 1 aromatic carbocycles. The fourth-order valence-electron chi connectivity index (χ4n) is 2.16. The molecular formula is C17H15FN4. The van der Waals surface area contributed by atoms with Crippen molar-refractivity contribution in [2.75, 3.05) is 11.1 Å². The molecule has 0 amide bonds. The summed E-state index contributed by atoms with van der Waals surface area (Å²) < 4.78 is 13.6. The molecule has 3 N–H and O–H groups in total. The zero-order valence-electron chi connectivity index (χ0n) is 11.8. The van der Waals surface area contributed by atoms with Gasteiger partial charge in [-0.25, -0.2) is 9.37 Å². The van der Waals surface area contributed by atoms with Crippen molar-refractivity contribution in [2.24, 2.45) is 0 Å². The molecule has 3 rings (SSSR count). The molecule has 3 aromatic rings. The van der Waals surface area contributed by atoms with Gasteiger partial charge in [-0.3, -0.25) is 4.98 Å². The summed E-state index contributed by atoms with van der Waals surface area (Å²) in [6.07, 6.45) is 3.32. The molecule has 0 atom stereocenters. The minimum atomic E-state index is -0.221. The molecule has 2 heterocycles. The van der Waals surface area contributed by atoms with Crippen LogP contribution < -0.4 is 11.1 Å². The van der Waals surface area contributed by atoms with Crippen LogP contribution in [0.3, 0.4) is 0 Å². The lowest BCUT2D eigenvalue weighted by atomic mass is 10.1. The zero-order chi connectivity index (χ0) is 15.4. The summed E-state index contributed by atoms with van der Waals surface area (Å²) in [6, 6.07) is 14.1. The third-order valence-electron chi connectivity index (χ3n) is 3.32. The van der Waals surface area contributed by atoms with Gasteiger partial charge in [0.1, 0.15) is 11.6 Å². The number of hydrogen-bond donors (Lipinski definition) is 2. The van der Waals surface area contributed by atoms with Gasteiger partial charge in [0.15, 0.2) is 0 Å². The average Bonchev–Trinajstić information content (AvgIpc) is 2.55. The summed E-state index contributed by atoms with van der Waals surface area (Å²) in [5.74, 6) is 0.210. The maximum Gasteiger partial charge on any atom is 0.132 e. The fourth-order valence-corrected chi connectivity index (χ4v) is 2.16. The van der Waals surface area contributed by atoms with E-state index in [-0.39, 0.29) is 5.82 Å². The van der Waals surface area contributed by atoms with Gasteiger partial charge in [0, 0.05) is 35.8 Å². The van der Waals surface area contributed by atoms with Gasteiger partial charge in [0.25, 0.3) is 0 Å². The van der Waals surface area contributed by atoms with E-state index in [1.165, 1.54) is 6.07 Å². The van der Waals surface area contributed by atoms with Gasteiger partial charge < -0.3 is 11.1 Å². The topological polar surface area (TPSA) is 63.8 Å². The Morgan fingerprint density at radius 1 is 1.00 bits per heavy atom. The van der Waals surface area contributed by atoms with Crippen LogP contribution in [-0.2, 0) is 6.54 Å². The lowest BCUT2D eigenvalue weighted by Gasteiger charge is -2.09. The molecule has 0 radical (unpaired) electrons. The van der Waals surface area contributed by atoms with Gasteiger partial charge in [-0.2, -0.15) is 0 Å². The van der Waals surface area contributed by atoms with Crippen LogP contribution >= 0.6 is 0 Å². The van der Waals surface area contributed by atoms with Gasteiger partial charge in [0.2, 0.25) is 0 Å². The Bertz CT molecular complexity index is 789. The smallest absolute Gasteiger partial charge is 0.132 e. The highest BCUT2D eigenvalue weighted by Crippen LogP contribution is 2.24. The first kappa shape index (κ1) is 14.0. The molecule has 0 fully saturated rings. The van der Waals surface area contributed by atoms with Gasteiger partial charge in [-0.15, -0.1) is 0 Å². The third-order valence-corrected chi connectivity index (χ3v) is 3.32. The van der Waals surface area contributed by atoms with Crippen molar-refractivity contribution < 1.29 is 4.39 Å². The van der Waals surface area contributed by atoms with Crippen LogP contribution in [-0.4, -0.2) is 9.97 Å². The molecule has 0 saturated carbocycles. The van der Waals surface area contributed by atoms with Crippen molar-refractivity contribution in [3.63, 3.8) is 0 Å². The number of hydrogen-bond acceptors (Lipinski definition) is 4. The predicted octanol–water partition coefficient (Wildman–Crippen LogP) is 3.48. The molecule has 0 aliphatic heterocycles. The molecule has 0 spiro atoms. The van der Waals surface area contributed by atoms with E-state index < -0.39 is 0 Å². The van der Waals surface area contributed by atoms with Crippen LogP contribution in [0.2, 0.25) is 0 Å². The summed E-state index contributed by atoms with van der Waals surface area (Å²) in [7, 11) is 0. The van der Waals surface area contributed by atoms with Crippen molar-refractivity contribution in [1.29, 1.82) is 0 Å². The number of nitrogens with one attached hydrogen (secondary N) is 1. The first-order chi connectivity index (χ1) is 10.7. The second-order valence-electron chi connectivity index (χ2n) is 4.81. The number of halogens is 1. The second kappa shape index (κ2) is 6.22. The van der Waals surface area contributed by atoms with Crippen molar-refractivity contribution in [3.8, 4) is 11.3 Å². The fraction of sp³-hybridized carbons (Fsp3) is 0.0588. The van der Waals surface area contributed by atoms with Crippen LogP contribution in [0.5, 0.6) is 0 Å². The molecule has 22 heavy (non-hydrogen) atoms. The largest absolute Gasteiger partial charge is 0.383 e. The number of nitrogens with zero attached hydrogens (tertiary/aromatic N) is 2. The number of benzene rings is 1. The predicted molar refractivity (Wildman–Crippen MR) is 85.6 cm³/mol. The summed E-state index contributed by atoms with van der Waals surface area (Å²) in [5, 5.41) is 3.19. The molecule has 5 heteroatoms. The van der Waals surface area contributed by atoms with Crippen LogP contribution in [0.25, 0.3) is 11.3 Å². The lowest BCUT2D eigenvalue weighted by molar-refractivity contribution is 0.613. The molecule has 2 aromatic heterocycles. The maximum atomic E-state index is 13.6. The Hall–Kier alpha value is -2.95. The monoisotopic (exact) mass is 294 g/mol. The van der Waals surface area contributed by atoms with E-state index in [0.717, 1.165) is 16.9 Å². The highest BCUT2D eigenvalue weighted by Gasteiger charge is 2.06. The first-order valence-corrected chi connectivity index (χ1v) is 6.88. The van der Waals surface area contributed by atoms with Gasteiger partial charge in [-0.05, 0) is 30.3 Å². The first-order valence-electron chi connectivity index (χ1n) is 6.88. The van der Waals surface area contributed by atoms with Crippen LogP contribution in [0.1, 0.15) is 5.56 Å². The minimum Gasteiger partial charge on any atom is -0.383 e. The Morgan fingerprint density at radius 3 is 2.68 bits per heavy atom. The van der Waals surface area contributed by atoms with Gasteiger partial charge in [-0.1, -0.05) is 18.2 Å². The molecule has 0 unspecified atom stereocenters. The van der Waals surface area contributed by atoms with Gasteiger partial charge >= 0.3 is 0 Å². The SMILES string of the molecule is Nc1ncccc1-c1cc(NCc2ccccc2F)ccn1. The van der Waals surface area contributed by atoms with E-state index in [0.29, 0.717) is 17.9 Å². The molecule has 0 saturated heterocycles. The Kier molecular flexibility index (Phi) is 3.96. The van der Waals surface area contributed by atoms with Crippen molar-refractivity contribution in [2.45, 2.75) is 6.54 Å². The van der Waals surface area contributed by atoms with Crippen LogP contribution in [0.15, 0.2) is 60.9 Å². The van der Waals surface area contributed by atoms with E-state index in [9.17, 15) is 4.39 Å². The number of rotatable bonds is 4. The quantitative estimate of drug-likeness (QED) is 0.773. The van der Waals surface area contributed by atoms with E-state index >= 15 is 0 Å². The van der Waals surface area contributed by atoms with E-state index in [2.05, 4.69) is 15.3 Å². The zero-order valence-corrected chi connectivity index (χ0v) is 11.8. The van der Waals surface area contributed by atoms with Crippen LogP contribution in [0.4, 0.5) is 15.9 Å². The van der Waals surface area contributed by atoms with E-state index in [4.69, 9.17) is 5.73 Å². The Labute approximate surface area is 127 Å². The summed E-state index contributed by atoms with van der Waals surface area (Å²) in [6.45, 7) is 0.401. The highest BCUT2D eigenvalue weighted by molar-refractivity contribution is 5.72. The lowest BCUT2D eigenvalue weighted by Crippen LogP contribution is -2.02. The van der Waals surface area contributed by atoms with Gasteiger partial charge in [0.05, 0.1) is 5.69 Å². The van der Waals surface area contributed by atoms with Crippen molar-refractivity contribution in [3.05, 3.63) is 72.3 Å². The standard InChI is InChI=1S/C17H15FN4/c18-15-6-2-1-4-12(15)11-22-13-7-9-20-16(10-13)14-5-3-8-21-17(14)19/h1-10H,11H2,(H2,19,21)(H,20,22). The minimum absolute atomic E-state index is 0.221. The third kappa shape index (κ3) is 3.03. The number of nitrogen functional groups attached to an aromatic ring is 1. The molecule has 0 aliphatic rings. The second-order valence-corrected chi connectivity index (χ2v) is 4.81. The normalized spacial score (nSPS) is 10.4. The number of aromatic nitrogens is 2. The maximum absolute atomic E-state index is 13.6. The molecule has 0 aliphatic carbocycles. The van der Waals surface area contributed by atoms with E-state index in [1.54, 1.807) is 24.5 Å². The molecule has 4 nitrogen and oxygen atoms in total. The van der Waals surface area contributed by atoms with Crippen molar-refractivity contribution >= 4 is 11.5 Å². The molecular weight excluding hydrogens is 279 g/mol. The molecule has 0 bridgehead atoms. The number of nitrogens with two attached hydrogens (primary N) is 1. The Morgan fingerprint density at radius 2 is 1.86 bits per heavy atom. The number of pyridine rings is 2. The highest BCUT2D eigenvalue weighted by atomic mass is 19.1. The Balaban J connectivity index is 1.80.